The largest absolute Gasteiger partial charge is 0.493 e. The molecule has 0 radical (unpaired) electrons. The first-order valence-electron chi connectivity index (χ1n) is 12.2. The highest BCUT2D eigenvalue weighted by Gasteiger charge is 2.54. The van der Waals surface area contributed by atoms with Crippen LogP contribution in [0.3, 0.4) is 0 Å². The minimum Gasteiger partial charge on any atom is -0.493 e. The van der Waals surface area contributed by atoms with Crippen molar-refractivity contribution in [3.8, 4) is 11.5 Å². The molecule has 5 aliphatic rings. The summed E-state index contributed by atoms with van der Waals surface area (Å²) in [5, 5.41) is 0.361. The Morgan fingerprint density at radius 1 is 1.06 bits per heavy atom. The number of methoxy groups -OCH3 is 2. The second-order valence-electron chi connectivity index (χ2n) is 10.4. The molecular weight excluding hydrogens is 452 g/mol. The van der Waals surface area contributed by atoms with Crippen LogP contribution in [0.2, 0.25) is 0 Å². The summed E-state index contributed by atoms with van der Waals surface area (Å²) in [6.07, 6.45) is 7.28. The van der Waals surface area contributed by atoms with Gasteiger partial charge in [-0.1, -0.05) is 17.8 Å². The number of carbonyl (C=O) groups excluding carboxylic acids is 3. The van der Waals surface area contributed by atoms with Crippen LogP contribution < -0.4 is 9.47 Å². The Labute approximate surface area is 204 Å². The summed E-state index contributed by atoms with van der Waals surface area (Å²) in [6, 6.07) is 5.66. The first-order chi connectivity index (χ1) is 16.4. The number of hydrogen-bond donors (Lipinski definition) is 0. The molecule has 0 unspecified atom stereocenters. The molecule has 182 valence electrons. The number of ether oxygens (including phenoxy) is 2. The molecule has 7 nitrogen and oxygen atoms in total. The zero-order valence-electron chi connectivity index (χ0n) is 19.9. The van der Waals surface area contributed by atoms with Crippen molar-refractivity contribution in [2.24, 2.45) is 28.2 Å². The summed E-state index contributed by atoms with van der Waals surface area (Å²) in [5.41, 5.74) is 0.798. The van der Waals surface area contributed by atoms with Crippen molar-refractivity contribution >= 4 is 34.5 Å². The van der Waals surface area contributed by atoms with Crippen LogP contribution in [0.1, 0.15) is 50.5 Å². The lowest BCUT2D eigenvalue weighted by Crippen LogP contribution is -2.50. The second kappa shape index (κ2) is 9.36. The van der Waals surface area contributed by atoms with E-state index in [0.29, 0.717) is 47.4 Å². The minimum atomic E-state index is -0.433. The molecule has 34 heavy (non-hydrogen) atoms. The molecule has 4 bridgehead atoms. The molecule has 4 saturated carbocycles. The first kappa shape index (κ1) is 23.4. The fraction of sp³-hybridized carbons (Fsp3) is 0.615. The van der Waals surface area contributed by atoms with Gasteiger partial charge >= 0.3 is 0 Å². The molecule has 1 aromatic rings. The number of benzene rings is 1. The number of amidine groups is 1. The van der Waals surface area contributed by atoms with Crippen LogP contribution in [-0.2, 0) is 20.8 Å². The number of amides is 2. The quantitative estimate of drug-likeness (QED) is 0.521. The molecule has 0 atom stereocenters. The average Bonchev–Trinajstić information content (AvgIpc) is 2.80. The summed E-state index contributed by atoms with van der Waals surface area (Å²) in [4.78, 5) is 43.9. The summed E-state index contributed by atoms with van der Waals surface area (Å²) >= 11 is 1.26. The van der Waals surface area contributed by atoms with Gasteiger partial charge in [-0.2, -0.15) is 4.99 Å². The van der Waals surface area contributed by atoms with E-state index < -0.39 is 5.91 Å². The third-order valence-corrected chi connectivity index (χ3v) is 9.07. The monoisotopic (exact) mass is 484 g/mol. The summed E-state index contributed by atoms with van der Waals surface area (Å²) in [6.45, 7) is 0.388. The zero-order valence-corrected chi connectivity index (χ0v) is 20.7. The van der Waals surface area contributed by atoms with E-state index in [2.05, 4.69) is 4.99 Å². The highest BCUT2D eigenvalue weighted by molar-refractivity contribution is 8.14. The van der Waals surface area contributed by atoms with Crippen molar-refractivity contribution in [1.82, 2.24) is 4.90 Å². The third kappa shape index (κ3) is 4.49. The van der Waals surface area contributed by atoms with Crippen LogP contribution in [0.15, 0.2) is 23.2 Å². The van der Waals surface area contributed by atoms with Crippen LogP contribution in [0.4, 0.5) is 0 Å². The zero-order chi connectivity index (χ0) is 23.9. The van der Waals surface area contributed by atoms with Gasteiger partial charge in [-0.05, 0) is 80.4 Å². The molecular formula is C26H32N2O5S. The van der Waals surface area contributed by atoms with Crippen molar-refractivity contribution < 1.29 is 23.9 Å². The molecule has 1 aromatic carbocycles. The predicted octanol–water partition coefficient (Wildman–Crippen LogP) is 3.88. The average molecular weight is 485 g/mol. The van der Waals surface area contributed by atoms with E-state index in [1.807, 2.05) is 18.2 Å². The highest BCUT2D eigenvalue weighted by Crippen LogP contribution is 2.60. The van der Waals surface area contributed by atoms with Crippen molar-refractivity contribution in [1.29, 1.82) is 0 Å². The Bertz CT molecular complexity index is 1000. The molecule has 0 spiro atoms. The van der Waals surface area contributed by atoms with Crippen LogP contribution in [0.25, 0.3) is 0 Å². The number of thioether (sulfide) groups is 1. The maximum Gasteiger partial charge on any atom is 0.257 e. The Kier molecular flexibility index (Phi) is 6.44. The highest BCUT2D eigenvalue weighted by atomic mass is 32.2. The van der Waals surface area contributed by atoms with Gasteiger partial charge < -0.3 is 9.47 Å². The normalized spacial score (nSPS) is 29.9. The Morgan fingerprint density at radius 2 is 1.71 bits per heavy atom. The number of carbonyl (C=O) groups is 3. The maximum atomic E-state index is 13.4. The van der Waals surface area contributed by atoms with E-state index >= 15 is 0 Å². The standard InChI is InChI=1S/C26H32N2O5S/c1-32-20-4-3-16(10-21(20)33-2)5-6-28-24(31)11-23(30)27-25(28)34-15-22(29)26-12-17-7-18(13-26)9-19(8-17)14-26/h3-4,10,17-19H,5-9,11-15H2,1-2H3. The molecule has 4 aliphatic carbocycles. The van der Waals surface area contributed by atoms with E-state index in [1.165, 1.54) is 31.0 Å². The van der Waals surface area contributed by atoms with Crippen LogP contribution >= 0.6 is 11.8 Å². The number of hydrogen-bond acceptors (Lipinski definition) is 6. The van der Waals surface area contributed by atoms with Crippen LogP contribution in [0, 0.1) is 23.2 Å². The maximum absolute atomic E-state index is 13.4. The first-order valence-corrected chi connectivity index (χ1v) is 13.2. The number of nitrogens with zero attached hydrogens (tertiary/aromatic N) is 2. The van der Waals surface area contributed by atoms with Gasteiger partial charge in [-0.15, -0.1) is 0 Å². The van der Waals surface area contributed by atoms with Gasteiger partial charge in [-0.25, -0.2) is 0 Å². The van der Waals surface area contributed by atoms with Crippen LogP contribution in [-0.4, -0.2) is 54.2 Å². The lowest BCUT2D eigenvalue weighted by molar-refractivity contribution is -0.141. The number of Topliss-reactive ketones (excluding diaryl/α,β-unsaturated/α-hetero) is 1. The third-order valence-electron chi connectivity index (χ3n) is 8.09. The van der Waals surface area contributed by atoms with Crippen molar-refractivity contribution in [3.05, 3.63) is 23.8 Å². The molecule has 0 N–H and O–H groups in total. The topological polar surface area (TPSA) is 85.3 Å². The summed E-state index contributed by atoms with van der Waals surface area (Å²) in [5.74, 6) is 3.25. The minimum absolute atomic E-state index is 0.185. The summed E-state index contributed by atoms with van der Waals surface area (Å²) in [7, 11) is 3.18. The van der Waals surface area contributed by atoms with Crippen LogP contribution in [0.5, 0.6) is 11.5 Å². The van der Waals surface area contributed by atoms with Gasteiger partial charge in [0.15, 0.2) is 16.7 Å². The molecule has 0 aromatic heterocycles. The van der Waals surface area contributed by atoms with E-state index in [4.69, 9.17) is 9.47 Å². The predicted molar refractivity (Wildman–Crippen MR) is 130 cm³/mol. The Morgan fingerprint density at radius 3 is 2.32 bits per heavy atom. The smallest absolute Gasteiger partial charge is 0.257 e. The molecule has 1 heterocycles. The van der Waals surface area contributed by atoms with Crippen molar-refractivity contribution in [2.45, 2.75) is 51.4 Å². The fourth-order valence-electron chi connectivity index (χ4n) is 6.88. The number of ketones is 1. The molecule has 6 rings (SSSR count). The number of aliphatic imine (C=N–C) groups is 1. The van der Waals surface area contributed by atoms with Gasteiger partial charge in [0.25, 0.3) is 5.91 Å². The molecule has 8 heteroatoms. The lowest BCUT2D eigenvalue weighted by Gasteiger charge is -2.56. The van der Waals surface area contributed by atoms with E-state index in [0.717, 1.165) is 24.8 Å². The summed E-state index contributed by atoms with van der Waals surface area (Å²) < 4.78 is 10.7. The van der Waals surface area contributed by atoms with Crippen molar-refractivity contribution in [2.75, 3.05) is 26.5 Å². The molecule has 4 fully saturated rings. The van der Waals surface area contributed by atoms with Gasteiger partial charge in [0.05, 0.1) is 20.0 Å². The van der Waals surface area contributed by atoms with Gasteiger partial charge in [0, 0.05) is 12.0 Å². The molecule has 1 aliphatic heterocycles. The second-order valence-corrected chi connectivity index (χ2v) is 11.3. The molecule has 0 saturated heterocycles. The van der Waals surface area contributed by atoms with Gasteiger partial charge in [0.2, 0.25) is 5.91 Å². The van der Waals surface area contributed by atoms with Gasteiger partial charge in [-0.3, -0.25) is 19.3 Å². The molecule has 2 amide bonds. The van der Waals surface area contributed by atoms with E-state index in [-0.39, 0.29) is 29.3 Å². The Hall–Kier alpha value is -2.35. The van der Waals surface area contributed by atoms with Gasteiger partial charge in [0.1, 0.15) is 12.2 Å². The van der Waals surface area contributed by atoms with Crippen molar-refractivity contribution in [3.63, 3.8) is 0 Å². The number of rotatable bonds is 8. The SMILES string of the molecule is COc1ccc(CCN2C(=O)CC(=O)N=C2SCC(=O)C23CC4CC(CC(C4)C2)C3)cc1OC. The Balaban J connectivity index is 1.25. The van der Waals surface area contributed by atoms with E-state index in [9.17, 15) is 14.4 Å². The lowest BCUT2D eigenvalue weighted by atomic mass is 9.48. The van der Waals surface area contributed by atoms with E-state index in [1.54, 1.807) is 19.1 Å². The fourth-order valence-corrected chi connectivity index (χ4v) is 7.96.